The van der Waals surface area contributed by atoms with Gasteiger partial charge in [-0.05, 0) is 40.8 Å². The van der Waals surface area contributed by atoms with Crippen molar-refractivity contribution in [2.24, 2.45) is 0 Å². The fourth-order valence-corrected chi connectivity index (χ4v) is 2.33. The Hall–Kier alpha value is -2.41. The van der Waals surface area contributed by atoms with E-state index in [4.69, 9.17) is 0 Å². The van der Waals surface area contributed by atoms with Gasteiger partial charge < -0.3 is 0 Å². The summed E-state index contributed by atoms with van der Waals surface area (Å²) in [7, 11) is 0. The number of rotatable bonds is 3. The highest BCUT2D eigenvalue weighted by Gasteiger charge is 2.00. The fourth-order valence-electron chi connectivity index (χ4n) is 2.33. The molecule has 0 spiro atoms. The molecule has 0 aromatic heterocycles. The van der Waals surface area contributed by atoms with E-state index in [0.29, 0.717) is 0 Å². The molecule has 20 heavy (non-hydrogen) atoms. The Morgan fingerprint density at radius 2 is 1.30 bits per heavy atom. The lowest BCUT2D eigenvalue weighted by Crippen LogP contribution is -1.89. The van der Waals surface area contributed by atoms with Crippen molar-refractivity contribution in [1.82, 2.24) is 0 Å². The SMILES string of the molecule is Fc1ccc(Cc2cccc(-c3ccccc3)c2)cc1. The van der Waals surface area contributed by atoms with Crippen molar-refractivity contribution in [1.29, 1.82) is 0 Å². The van der Waals surface area contributed by atoms with E-state index in [1.165, 1.54) is 28.8 Å². The molecule has 3 aromatic carbocycles. The topological polar surface area (TPSA) is 0 Å². The van der Waals surface area contributed by atoms with Gasteiger partial charge in [0.05, 0.1) is 0 Å². The Morgan fingerprint density at radius 1 is 0.600 bits per heavy atom. The Bertz CT molecular complexity index is 684. The van der Waals surface area contributed by atoms with Gasteiger partial charge in [-0.2, -0.15) is 0 Å². The predicted molar refractivity (Wildman–Crippen MR) is 81.1 cm³/mol. The average molecular weight is 262 g/mol. The fraction of sp³-hybridized carbons (Fsp3) is 0.0526. The Morgan fingerprint density at radius 3 is 2.05 bits per heavy atom. The molecule has 0 heterocycles. The molecule has 0 nitrogen and oxygen atoms in total. The van der Waals surface area contributed by atoms with Crippen LogP contribution in [0.3, 0.4) is 0 Å². The number of halogens is 1. The summed E-state index contributed by atoms with van der Waals surface area (Å²) in [6.07, 6.45) is 0.820. The number of hydrogen-bond acceptors (Lipinski definition) is 0. The molecule has 1 heteroatoms. The highest BCUT2D eigenvalue weighted by Crippen LogP contribution is 2.21. The standard InChI is InChI=1S/C19H15F/c20-19-11-9-15(10-12-19)13-16-5-4-8-18(14-16)17-6-2-1-3-7-17/h1-12,14H,13H2. The highest BCUT2D eigenvalue weighted by molar-refractivity contribution is 5.64. The summed E-state index contributed by atoms with van der Waals surface area (Å²) in [5.74, 6) is -0.188. The van der Waals surface area contributed by atoms with Crippen LogP contribution >= 0.6 is 0 Å². The Kier molecular flexibility index (Phi) is 3.60. The first kappa shape index (κ1) is 12.6. The van der Waals surface area contributed by atoms with Gasteiger partial charge in [0, 0.05) is 0 Å². The van der Waals surface area contributed by atoms with E-state index in [-0.39, 0.29) is 5.82 Å². The lowest BCUT2D eigenvalue weighted by molar-refractivity contribution is 0.627. The summed E-state index contributed by atoms with van der Waals surface area (Å²) in [5, 5.41) is 0. The lowest BCUT2D eigenvalue weighted by atomic mass is 9.99. The van der Waals surface area contributed by atoms with Crippen molar-refractivity contribution in [2.45, 2.75) is 6.42 Å². The molecular weight excluding hydrogens is 247 g/mol. The first-order valence-corrected chi connectivity index (χ1v) is 6.70. The van der Waals surface area contributed by atoms with Gasteiger partial charge in [0.15, 0.2) is 0 Å². The maximum Gasteiger partial charge on any atom is 0.123 e. The molecule has 0 atom stereocenters. The third-order valence-electron chi connectivity index (χ3n) is 3.36. The van der Waals surface area contributed by atoms with Crippen LogP contribution in [0.15, 0.2) is 78.9 Å². The summed E-state index contributed by atoms with van der Waals surface area (Å²) in [5.41, 5.74) is 4.79. The molecule has 0 aliphatic rings. The molecule has 3 rings (SSSR count). The van der Waals surface area contributed by atoms with E-state index in [9.17, 15) is 4.39 Å². The summed E-state index contributed by atoms with van der Waals surface area (Å²) in [6.45, 7) is 0. The van der Waals surface area contributed by atoms with Gasteiger partial charge in [0.2, 0.25) is 0 Å². The molecule has 98 valence electrons. The Labute approximate surface area is 118 Å². The first-order valence-electron chi connectivity index (χ1n) is 6.70. The highest BCUT2D eigenvalue weighted by atomic mass is 19.1. The van der Waals surface area contributed by atoms with Crippen LogP contribution in [-0.2, 0) is 6.42 Å². The number of hydrogen-bond donors (Lipinski definition) is 0. The second-order valence-electron chi connectivity index (χ2n) is 4.87. The van der Waals surface area contributed by atoms with Gasteiger partial charge in [-0.1, -0.05) is 66.7 Å². The van der Waals surface area contributed by atoms with Crippen molar-refractivity contribution < 1.29 is 4.39 Å². The Balaban J connectivity index is 1.86. The van der Waals surface area contributed by atoms with Crippen LogP contribution in [0, 0.1) is 5.82 Å². The predicted octanol–water partition coefficient (Wildman–Crippen LogP) is 5.08. The molecule has 0 fully saturated rings. The maximum absolute atomic E-state index is 12.9. The van der Waals surface area contributed by atoms with Crippen molar-refractivity contribution in [3.05, 3.63) is 95.8 Å². The van der Waals surface area contributed by atoms with E-state index in [1.807, 2.05) is 30.3 Å². The van der Waals surface area contributed by atoms with Crippen LogP contribution < -0.4 is 0 Å². The monoisotopic (exact) mass is 262 g/mol. The molecule has 0 N–H and O–H groups in total. The van der Waals surface area contributed by atoms with E-state index < -0.39 is 0 Å². The zero-order valence-electron chi connectivity index (χ0n) is 11.1. The van der Waals surface area contributed by atoms with Crippen molar-refractivity contribution in [3.8, 4) is 11.1 Å². The maximum atomic E-state index is 12.9. The second-order valence-corrected chi connectivity index (χ2v) is 4.87. The third-order valence-corrected chi connectivity index (χ3v) is 3.36. The molecule has 0 aliphatic heterocycles. The molecule has 0 amide bonds. The van der Waals surface area contributed by atoms with E-state index in [0.717, 1.165) is 12.0 Å². The minimum Gasteiger partial charge on any atom is -0.207 e. The summed E-state index contributed by atoms with van der Waals surface area (Å²) in [4.78, 5) is 0. The largest absolute Gasteiger partial charge is 0.207 e. The molecule has 0 aliphatic carbocycles. The quantitative estimate of drug-likeness (QED) is 0.617. The van der Waals surface area contributed by atoms with Crippen LogP contribution in [0.25, 0.3) is 11.1 Å². The molecular formula is C19H15F. The minimum absolute atomic E-state index is 0.188. The second kappa shape index (κ2) is 5.70. The van der Waals surface area contributed by atoms with Gasteiger partial charge in [-0.25, -0.2) is 4.39 Å². The van der Waals surface area contributed by atoms with Gasteiger partial charge in [-0.3, -0.25) is 0 Å². The van der Waals surface area contributed by atoms with Crippen LogP contribution in [0.4, 0.5) is 4.39 Å². The molecule has 0 saturated heterocycles. The van der Waals surface area contributed by atoms with Gasteiger partial charge in [0.1, 0.15) is 5.82 Å². The normalized spacial score (nSPS) is 10.4. The van der Waals surface area contributed by atoms with E-state index in [1.54, 1.807) is 0 Å². The van der Waals surface area contributed by atoms with Crippen LogP contribution in [0.2, 0.25) is 0 Å². The van der Waals surface area contributed by atoms with Gasteiger partial charge in [0.25, 0.3) is 0 Å². The van der Waals surface area contributed by atoms with E-state index in [2.05, 4.69) is 36.4 Å². The molecule has 0 bridgehead atoms. The van der Waals surface area contributed by atoms with Crippen molar-refractivity contribution in [2.75, 3.05) is 0 Å². The van der Waals surface area contributed by atoms with Crippen LogP contribution in [0.5, 0.6) is 0 Å². The molecule has 0 saturated carbocycles. The molecule has 3 aromatic rings. The summed E-state index contributed by atoms with van der Waals surface area (Å²) in [6, 6.07) is 25.5. The smallest absolute Gasteiger partial charge is 0.123 e. The average Bonchev–Trinajstić information content (AvgIpc) is 2.51. The van der Waals surface area contributed by atoms with E-state index >= 15 is 0 Å². The number of benzene rings is 3. The summed E-state index contributed by atoms with van der Waals surface area (Å²) >= 11 is 0. The molecule has 0 radical (unpaired) electrons. The summed E-state index contributed by atoms with van der Waals surface area (Å²) < 4.78 is 12.9. The van der Waals surface area contributed by atoms with Gasteiger partial charge in [-0.15, -0.1) is 0 Å². The first-order chi connectivity index (χ1) is 9.81. The van der Waals surface area contributed by atoms with Crippen molar-refractivity contribution in [3.63, 3.8) is 0 Å². The minimum atomic E-state index is -0.188. The van der Waals surface area contributed by atoms with Crippen molar-refractivity contribution >= 4 is 0 Å². The third kappa shape index (κ3) is 2.94. The van der Waals surface area contributed by atoms with Crippen LogP contribution in [-0.4, -0.2) is 0 Å². The van der Waals surface area contributed by atoms with Gasteiger partial charge >= 0.3 is 0 Å². The zero-order chi connectivity index (χ0) is 13.8. The molecule has 0 unspecified atom stereocenters. The zero-order valence-corrected chi connectivity index (χ0v) is 11.1. The lowest BCUT2D eigenvalue weighted by Gasteiger charge is -2.06. The van der Waals surface area contributed by atoms with Crippen LogP contribution in [0.1, 0.15) is 11.1 Å².